The van der Waals surface area contributed by atoms with Crippen molar-refractivity contribution < 1.29 is 19.0 Å². The molecule has 1 aromatic carbocycles. The molecule has 1 saturated heterocycles. The summed E-state index contributed by atoms with van der Waals surface area (Å²) < 4.78 is 20.8. The van der Waals surface area contributed by atoms with Gasteiger partial charge in [-0.15, -0.1) is 0 Å². The van der Waals surface area contributed by atoms with Crippen LogP contribution in [0.5, 0.6) is 0 Å². The number of hydrogen-bond donors (Lipinski definition) is 1. The highest BCUT2D eigenvalue weighted by Gasteiger charge is 2.26. The number of aromatic carboxylic acids is 1. The zero-order valence-corrected chi connectivity index (χ0v) is 10.6. The molecular formula is C14H13FN2O3. The molecule has 1 fully saturated rings. The van der Waals surface area contributed by atoms with Crippen molar-refractivity contribution in [1.29, 1.82) is 0 Å². The Morgan fingerprint density at radius 2 is 2.25 bits per heavy atom. The third-order valence-corrected chi connectivity index (χ3v) is 3.30. The van der Waals surface area contributed by atoms with E-state index < -0.39 is 11.8 Å². The van der Waals surface area contributed by atoms with Crippen LogP contribution < -0.4 is 0 Å². The molecule has 1 aliphatic heterocycles. The Kier molecular flexibility index (Phi) is 3.23. The number of carbonyl (C=O) groups is 1. The van der Waals surface area contributed by atoms with Gasteiger partial charge >= 0.3 is 5.97 Å². The van der Waals surface area contributed by atoms with E-state index in [1.807, 2.05) is 0 Å². The second-order valence-electron chi connectivity index (χ2n) is 4.62. The molecule has 0 radical (unpaired) electrons. The maximum absolute atomic E-state index is 13.9. The number of ether oxygens (including phenoxy) is 1. The molecule has 5 nitrogen and oxygen atoms in total. The lowest BCUT2D eigenvalue weighted by molar-refractivity contribution is 0.0690. The third kappa shape index (κ3) is 2.18. The molecule has 20 heavy (non-hydrogen) atoms. The van der Waals surface area contributed by atoms with Crippen molar-refractivity contribution in [3.05, 3.63) is 47.5 Å². The zero-order chi connectivity index (χ0) is 14.1. The quantitative estimate of drug-likeness (QED) is 0.935. The van der Waals surface area contributed by atoms with Crippen LogP contribution in [0, 0.1) is 5.82 Å². The third-order valence-electron chi connectivity index (χ3n) is 3.30. The first kappa shape index (κ1) is 12.8. The summed E-state index contributed by atoms with van der Waals surface area (Å²) in [4.78, 5) is 11.1. The molecule has 1 aliphatic rings. The van der Waals surface area contributed by atoms with Crippen molar-refractivity contribution in [3.8, 4) is 5.69 Å². The highest BCUT2D eigenvalue weighted by atomic mass is 19.1. The fourth-order valence-electron chi connectivity index (χ4n) is 2.36. The smallest absolute Gasteiger partial charge is 0.356 e. The number of carboxylic acid groups (broad SMARTS) is 1. The van der Waals surface area contributed by atoms with Crippen LogP contribution in [-0.2, 0) is 4.74 Å². The molecule has 3 rings (SSSR count). The van der Waals surface area contributed by atoms with Crippen molar-refractivity contribution in [2.45, 2.75) is 18.9 Å². The van der Waals surface area contributed by atoms with Gasteiger partial charge in [0.05, 0.1) is 11.8 Å². The molecule has 0 spiro atoms. The van der Waals surface area contributed by atoms with Crippen molar-refractivity contribution in [1.82, 2.24) is 9.78 Å². The Bertz CT molecular complexity index is 648. The first-order chi connectivity index (χ1) is 9.66. The SMILES string of the molecule is O=C(O)c1cc(C2CCCO2)n(-c2ccccc2F)n1. The van der Waals surface area contributed by atoms with Gasteiger partial charge in [0.1, 0.15) is 11.5 Å². The molecule has 0 amide bonds. The van der Waals surface area contributed by atoms with Gasteiger partial charge in [-0.25, -0.2) is 13.9 Å². The predicted molar refractivity (Wildman–Crippen MR) is 68.4 cm³/mol. The maximum atomic E-state index is 13.9. The van der Waals surface area contributed by atoms with E-state index in [0.717, 1.165) is 12.8 Å². The fourth-order valence-corrected chi connectivity index (χ4v) is 2.36. The number of benzene rings is 1. The summed E-state index contributed by atoms with van der Waals surface area (Å²) >= 11 is 0. The minimum atomic E-state index is -1.14. The highest BCUT2D eigenvalue weighted by molar-refractivity contribution is 5.85. The van der Waals surface area contributed by atoms with Gasteiger partial charge in [0.25, 0.3) is 0 Å². The average Bonchev–Trinajstić information content (AvgIpc) is 3.08. The van der Waals surface area contributed by atoms with Gasteiger partial charge < -0.3 is 9.84 Å². The molecule has 1 aromatic heterocycles. The average molecular weight is 276 g/mol. The predicted octanol–water partition coefficient (Wildman–Crippen LogP) is 2.56. The largest absolute Gasteiger partial charge is 0.476 e. The number of nitrogens with zero attached hydrogens (tertiary/aromatic N) is 2. The van der Waals surface area contributed by atoms with Crippen LogP contribution in [0.1, 0.15) is 35.1 Å². The van der Waals surface area contributed by atoms with Crippen LogP contribution in [0.3, 0.4) is 0 Å². The van der Waals surface area contributed by atoms with E-state index in [0.29, 0.717) is 12.3 Å². The van der Waals surface area contributed by atoms with Crippen LogP contribution in [0.25, 0.3) is 5.69 Å². The van der Waals surface area contributed by atoms with Crippen molar-refractivity contribution >= 4 is 5.97 Å². The second-order valence-corrected chi connectivity index (χ2v) is 4.62. The molecule has 1 atom stereocenters. The summed E-state index contributed by atoms with van der Waals surface area (Å²) in [6, 6.07) is 7.58. The summed E-state index contributed by atoms with van der Waals surface area (Å²) in [5.74, 6) is -1.59. The van der Waals surface area contributed by atoms with Crippen LogP contribution in [-0.4, -0.2) is 27.5 Å². The van der Waals surface area contributed by atoms with Crippen LogP contribution in [0.2, 0.25) is 0 Å². The molecule has 0 aliphatic carbocycles. The summed E-state index contributed by atoms with van der Waals surface area (Å²) in [5, 5.41) is 13.1. The summed E-state index contributed by atoms with van der Waals surface area (Å²) in [5.41, 5.74) is 0.689. The Labute approximate surface area is 114 Å². The van der Waals surface area contributed by atoms with Gasteiger partial charge in [0.15, 0.2) is 5.69 Å². The van der Waals surface area contributed by atoms with Gasteiger partial charge in [-0.2, -0.15) is 5.10 Å². The van der Waals surface area contributed by atoms with Gasteiger partial charge in [-0.3, -0.25) is 0 Å². The van der Waals surface area contributed by atoms with Crippen LogP contribution in [0.4, 0.5) is 4.39 Å². The first-order valence-electron chi connectivity index (χ1n) is 6.36. The van der Waals surface area contributed by atoms with E-state index in [1.54, 1.807) is 18.2 Å². The summed E-state index contributed by atoms with van der Waals surface area (Å²) in [6.45, 7) is 0.621. The lowest BCUT2D eigenvalue weighted by Gasteiger charge is -2.12. The van der Waals surface area contributed by atoms with Crippen molar-refractivity contribution in [2.24, 2.45) is 0 Å². The lowest BCUT2D eigenvalue weighted by atomic mass is 10.1. The minimum Gasteiger partial charge on any atom is -0.476 e. The van der Waals surface area contributed by atoms with Gasteiger partial charge in [-0.1, -0.05) is 12.1 Å². The highest BCUT2D eigenvalue weighted by Crippen LogP contribution is 2.31. The molecule has 1 unspecified atom stereocenters. The number of halogens is 1. The van der Waals surface area contributed by atoms with E-state index in [2.05, 4.69) is 5.10 Å². The number of carboxylic acids is 1. The van der Waals surface area contributed by atoms with E-state index in [9.17, 15) is 9.18 Å². The Hall–Kier alpha value is -2.21. The van der Waals surface area contributed by atoms with Crippen molar-refractivity contribution in [3.63, 3.8) is 0 Å². The standard InChI is InChI=1S/C14H13FN2O3/c15-9-4-1-2-5-11(9)17-12(13-6-3-7-20-13)8-10(16-17)14(18)19/h1-2,4-5,8,13H,3,6-7H2,(H,18,19). The fraction of sp³-hybridized carbons (Fsp3) is 0.286. The Morgan fingerprint density at radius 3 is 2.90 bits per heavy atom. The lowest BCUT2D eigenvalue weighted by Crippen LogP contribution is -2.08. The summed E-state index contributed by atoms with van der Waals surface area (Å²) in [6.07, 6.45) is 1.43. The van der Waals surface area contributed by atoms with Gasteiger partial charge in [-0.05, 0) is 31.0 Å². The van der Waals surface area contributed by atoms with Gasteiger partial charge in [0.2, 0.25) is 0 Å². The Balaban J connectivity index is 2.13. The molecular weight excluding hydrogens is 263 g/mol. The second kappa shape index (κ2) is 5.05. The normalized spacial score (nSPS) is 18.4. The van der Waals surface area contributed by atoms with E-state index in [1.165, 1.54) is 16.8 Å². The molecule has 6 heteroatoms. The number of hydrogen-bond acceptors (Lipinski definition) is 3. The number of aromatic nitrogens is 2. The van der Waals surface area contributed by atoms with E-state index in [4.69, 9.17) is 9.84 Å². The van der Waals surface area contributed by atoms with Crippen LogP contribution >= 0.6 is 0 Å². The topological polar surface area (TPSA) is 64.3 Å². The molecule has 0 bridgehead atoms. The molecule has 1 N–H and O–H groups in total. The maximum Gasteiger partial charge on any atom is 0.356 e. The van der Waals surface area contributed by atoms with Gasteiger partial charge in [0, 0.05) is 6.61 Å². The van der Waals surface area contributed by atoms with E-state index >= 15 is 0 Å². The zero-order valence-electron chi connectivity index (χ0n) is 10.6. The first-order valence-corrected chi connectivity index (χ1v) is 6.36. The molecule has 0 saturated carbocycles. The minimum absolute atomic E-state index is 0.112. The number of para-hydroxylation sites is 1. The molecule has 104 valence electrons. The summed E-state index contributed by atoms with van der Waals surface area (Å²) in [7, 11) is 0. The molecule has 2 aromatic rings. The Morgan fingerprint density at radius 1 is 1.45 bits per heavy atom. The van der Waals surface area contributed by atoms with Crippen LogP contribution in [0.15, 0.2) is 30.3 Å². The monoisotopic (exact) mass is 276 g/mol. The van der Waals surface area contributed by atoms with Crippen molar-refractivity contribution in [2.75, 3.05) is 6.61 Å². The van der Waals surface area contributed by atoms with E-state index in [-0.39, 0.29) is 17.5 Å². The molecule has 2 heterocycles. The number of rotatable bonds is 3.